The molecule has 0 saturated heterocycles. The third-order valence-electron chi connectivity index (χ3n) is 3.87. The number of benzene rings is 1. The van der Waals surface area contributed by atoms with Crippen molar-refractivity contribution in [2.45, 2.75) is 26.8 Å². The molecule has 0 spiro atoms. The summed E-state index contributed by atoms with van der Waals surface area (Å²) < 4.78 is 2.84. The number of hydrogen-bond donors (Lipinski definition) is 1. The SMILES string of the molecule is Cc1c(N)cc(Br)cc1-c1nnnn1CC1CC1C. The predicted molar refractivity (Wildman–Crippen MR) is 77.4 cm³/mol. The van der Waals surface area contributed by atoms with Gasteiger partial charge in [0.05, 0.1) is 0 Å². The Bertz CT molecular complexity index is 621. The Morgan fingerprint density at radius 3 is 2.89 bits per heavy atom. The molecule has 3 rings (SSSR count). The second kappa shape index (κ2) is 4.59. The van der Waals surface area contributed by atoms with Crippen LogP contribution in [0.3, 0.4) is 0 Å². The van der Waals surface area contributed by atoms with Crippen molar-refractivity contribution in [2.24, 2.45) is 11.8 Å². The summed E-state index contributed by atoms with van der Waals surface area (Å²) in [6.07, 6.45) is 1.26. The van der Waals surface area contributed by atoms with Crippen LogP contribution < -0.4 is 5.73 Å². The maximum Gasteiger partial charge on any atom is 0.182 e. The van der Waals surface area contributed by atoms with Crippen molar-refractivity contribution in [1.29, 1.82) is 0 Å². The number of aromatic nitrogens is 4. The molecule has 0 bridgehead atoms. The second-order valence-electron chi connectivity index (χ2n) is 5.33. The van der Waals surface area contributed by atoms with Crippen molar-refractivity contribution in [2.75, 3.05) is 5.73 Å². The largest absolute Gasteiger partial charge is 0.398 e. The zero-order valence-electron chi connectivity index (χ0n) is 11.0. The molecule has 1 heterocycles. The molecule has 1 saturated carbocycles. The molecule has 1 aromatic heterocycles. The first-order valence-electron chi connectivity index (χ1n) is 6.38. The van der Waals surface area contributed by atoms with Crippen LogP contribution >= 0.6 is 15.9 Å². The summed E-state index contributed by atoms with van der Waals surface area (Å²) in [7, 11) is 0. The molecule has 1 aliphatic carbocycles. The van der Waals surface area contributed by atoms with E-state index in [2.05, 4.69) is 38.4 Å². The molecule has 1 fully saturated rings. The lowest BCUT2D eigenvalue weighted by Crippen LogP contribution is -2.06. The normalized spacial score (nSPS) is 21.6. The maximum absolute atomic E-state index is 6.01. The van der Waals surface area contributed by atoms with Gasteiger partial charge in [-0.15, -0.1) is 5.10 Å². The van der Waals surface area contributed by atoms with E-state index in [0.717, 1.165) is 39.6 Å². The highest BCUT2D eigenvalue weighted by Gasteiger charge is 2.33. The van der Waals surface area contributed by atoms with E-state index in [1.807, 2.05) is 23.7 Å². The average Bonchev–Trinajstić information content (AvgIpc) is 2.87. The molecule has 0 aliphatic heterocycles. The molecule has 0 radical (unpaired) electrons. The van der Waals surface area contributed by atoms with E-state index in [9.17, 15) is 0 Å². The second-order valence-corrected chi connectivity index (χ2v) is 6.24. The zero-order valence-corrected chi connectivity index (χ0v) is 12.6. The number of tetrazole rings is 1. The standard InChI is InChI=1S/C13H16BrN5/c1-7-3-9(7)6-19-13(16-17-18-19)11-4-10(14)5-12(15)8(11)2/h4-5,7,9H,3,6,15H2,1-2H3. The van der Waals surface area contributed by atoms with Crippen LogP contribution in [0.2, 0.25) is 0 Å². The summed E-state index contributed by atoms with van der Waals surface area (Å²) in [5, 5.41) is 12.1. The minimum absolute atomic E-state index is 0.701. The van der Waals surface area contributed by atoms with Gasteiger partial charge < -0.3 is 5.73 Å². The molecule has 2 atom stereocenters. The summed E-state index contributed by atoms with van der Waals surface area (Å²) >= 11 is 3.47. The van der Waals surface area contributed by atoms with Gasteiger partial charge in [-0.1, -0.05) is 22.9 Å². The lowest BCUT2D eigenvalue weighted by Gasteiger charge is -2.09. The Labute approximate surface area is 120 Å². The highest BCUT2D eigenvalue weighted by Crippen LogP contribution is 2.39. The molecule has 100 valence electrons. The molecule has 6 heteroatoms. The highest BCUT2D eigenvalue weighted by atomic mass is 79.9. The van der Waals surface area contributed by atoms with Gasteiger partial charge in [0.2, 0.25) is 0 Å². The fourth-order valence-electron chi connectivity index (χ4n) is 2.33. The minimum atomic E-state index is 0.701. The Hall–Kier alpha value is -1.43. The van der Waals surface area contributed by atoms with Crippen molar-refractivity contribution < 1.29 is 0 Å². The Kier molecular flexibility index (Phi) is 3.05. The van der Waals surface area contributed by atoms with Gasteiger partial charge >= 0.3 is 0 Å². The molecular formula is C13H16BrN5. The van der Waals surface area contributed by atoms with Crippen LogP contribution in [0.4, 0.5) is 5.69 Å². The van der Waals surface area contributed by atoms with Crippen LogP contribution in [-0.2, 0) is 6.54 Å². The van der Waals surface area contributed by atoms with Gasteiger partial charge in [-0.3, -0.25) is 0 Å². The number of rotatable bonds is 3. The fraction of sp³-hybridized carbons (Fsp3) is 0.462. The molecule has 19 heavy (non-hydrogen) atoms. The van der Waals surface area contributed by atoms with E-state index < -0.39 is 0 Å². The average molecular weight is 322 g/mol. The molecule has 1 aromatic carbocycles. The van der Waals surface area contributed by atoms with E-state index in [-0.39, 0.29) is 0 Å². The van der Waals surface area contributed by atoms with E-state index in [4.69, 9.17) is 5.73 Å². The summed E-state index contributed by atoms with van der Waals surface area (Å²) in [4.78, 5) is 0. The van der Waals surface area contributed by atoms with Crippen molar-refractivity contribution in [3.63, 3.8) is 0 Å². The third kappa shape index (κ3) is 2.36. The predicted octanol–water partition coefficient (Wildman–Crippen LogP) is 2.65. The van der Waals surface area contributed by atoms with Gasteiger partial charge in [0.15, 0.2) is 5.82 Å². The molecule has 2 aromatic rings. The quantitative estimate of drug-likeness (QED) is 0.882. The first kappa shape index (κ1) is 12.6. The van der Waals surface area contributed by atoms with Crippen molar-refractivity contribution in [1.82, 2.24) is 20.2 Å². The van der Waals surface area contributed by atoms with Crippen LogP contribution in [0.1, 0.15) is 18.9 Å². The van der Waals surface area contributed by atoms with Gasteiger partial charge in [-0.05, 0) is 53.3 Å². The number of anilines is 1. The molecule has 5 nitrogen and oxygen atoms in total. The number of nitrogen functional groups attached to an aromatic ring is 1. The van der Waals surface area contributed by atoms with Gasteiger partial charge in [0.1, 0.15) is 0 Å². The first-order valence-corrected chi connectivity index (χ1v) is 7.17. The van der Waals surface area contributed by atoms with Crippen LogP contribution in [0.5, 0.6) is 0 Å². The van der Waals surface area contributed by atoms with Crippen LogP contribution in [-0.4, -0.2) is 20.2 Å². The number of nitrogens with two attached hydrogens (primary N) is 1. The molecule has 2 N–H and O–H groups in total. The van der Waals surface area contributed by atoms with Gasteiger partial charge in [0.25, 0.3) is 0 Å². The molecule has 0 amide bonds. The minimum Gasteiger partial charge on any atom is -0.398 e. The number of hydrogen-bond acceptors (Lipinski definition) is 4. The van der Waals surface area contributed by atoms with E-state index in [1.165, 1.54) is 6.42 Å². The van der Waals surface area contributed by atoms with Gasteiger partial charge in [-0.2, -0.15) is 0 Å². The van der Waals surface area contributed by atoms with Crippen molar-refractivity contribution in [3.8, 4) is 11.4 Å². The zero-order chi connectivity index (χ0) is 13.6. The maximum atomic E-state index is 6.01. The lowest BCUT2D eigenvalue weighted by molar-refractivity contribution is 0.528. The highest BCUT2D eigenvalue weighted by molar-refractivity contribution is 9.10. The van der Waals surface area contributed by atoms with Crippen LogP contribution in [0.25, 0.3) is 11.4 Å². The molecule has 1 aliphatic rings. The van der Waals surface area contributed by atoms with Gasteiger partial charge in [0, 0.05) is 22.3 Å². The van der Waals surface area contributed by atoms with Crippen LogP contribution in [0, 0.1) is 18.8 Å². The molecule has 2 unspecified atom stereocenters. The fourth-order valence-corrected chi connectivity index (χ4v) is 2.80. The number of halogens is 1. The van der Waals surface area contributed by atoms with Crippen LogP contribution in [0.15, 0.2) is 16.6 Å². The number of nitrogens with zero attached hydrogens (tertiary/aromatic N) is 4. The summed E-state index contributed by atoms with van der Waals surface area (Å²) in [5.41, 5.74) is 8.76. The summed E-state index contributed by atoms with van der Waals surface area (Å²) in [6, 6.07) is 3.92. The monoisotopic (exact) mass is 321 g/mol. The summed E-state index contributed by atoms with van der Waals surface area (Å²) in [6.45, 7) is 5.14. The third-order valence-corrected chi connectivity index (χ3v) is 4.33. The Balaban J connectivity index is 2.00. The topological polar surface area (TPSA) is 69.6 Å². The van der Waals surface area contributed by atoms with Crippen molar-refractivity contribution >= 4 is 21.6 Å². The van der Waals surface area contributed by atoms with Gasteiger partial charge in [-0.25, -0.2) is 4.68 Å². The summed E-state index contributed by atoms with van der Waals surface area (Å²) in [5.74, 6) is 2.28. The van der Waals surface area contributed by atoms with E-state index in [1.54, 1.807) is 0 Å². The first-order chi connectivity index (χ1) is 9.06. The van der Waals surface area contributed by atoms with E-state index >= 15 is 0 Å². The smallest absolute Gasteiger partial charge is 0.182 e. The lowest BCUT2D eigenvalue weighted by atomic mass is 10.1. The Morgan fingerprint density at radius 2 is 2.21 bits per heavy atom. The van der Waals surface area contributed by atoms with Crippen molar-refractivity contribution in [3.05, 3.63) is 22.2 Å². The van der Waals surface area contributed by atoms with E-state index in [0.29, 0.717) is 5.92 Å². The molecular weight excluding hydrogens is 306 g/mol. The Morgan fingerprint density at radius 1 is 1.47 bits per heavy atom.